The molecule has 0 unspecified atom stereocenters. The highest BCUT2D eigenvalue weighted by Crippen LogP contribution is 2.29. The molecule has 2 rings (SSSR count). The smallest absolute Gasteiger partial charge is 0.127 e. The molecule has 0 aliphatic heterocycles. The van der Waals surface area contributed by atoms with Crippen molar-refractivity contribution in [2.24, 2.45) is 0 Å². The first-order valence-corrected chi connectivity index (χ1v) is 5.16. The minimum absolute atomic E-state index is 0.745. The van der Waals surface area contributed by atoms with E-state index in [4.69, 9.17) is 9.15 Å². The number of rotatable bonds is 4. The molecule has 0 aliphatic carbocycles. The van der Waals surface area contributed by atoms with Crippen LogP contribution in [0.4, 0.5) is 0 Å². The highest BCUT2D eigenvalue weighted by atomic mass is 16.5. The Balaban J connectivity index is 2.30. The maximum absolute atomic E-state index is 5.67. The van der Waals surface area contributed by atoms with Gasteiger partial charge in [-0.2, -0.15) is 0 Å². The number of hydrogen-bond donors (Lipinski definition) is 0. The fraction of sp³-hybridized carbons (Fsp3) is 0.231. The van der Waals surface area contributed by atoms with Crippen LogP contribution in [0.5, 0.6) is 5.75 Å². The molecule has 1 aromatic heterocycles. The van der Waals surface area contributed by atoms with Crippen LogP contribution in [-0.4, -0.2) is 6.61 Å². The highest BCUT2D eigenvalue weighted by molar-refractivity contribution is 5.69. The van der Waals surface area contributed by atoms with Gasteiger partial charge in [-0.3, -0.25) is 0 Å². The number of furan rings is 1. The summed E-state index contributed by atoms with van der Waals surface area (Å²) in [4.78, 5) is 0. The van der Waals surface area contributed by atoms with E-state index in [1.165, 1.54) is 0 Å². The zero-order valence-corrected chi connectivity index (χ0v) is 8.77. The van der Waals surface area contributed by atoms with E-state index in [-0.39, 0.29) is 0 Å². The van der Waals surface area contributed by atoms with Gasteiger partial charge in [0, 0.05) is 11.1 Å². The summed E-state index contributed by atoms with van der Waals surface area (Å²) in [7, 11) is 0. The zero-order valence-electron chi connectivity index (χ0n) is 8.77. The quantitative estimate of drug-likeness (QED) is 0.753. The fourth-order valence-electron chi connectivity index (χ4n) is 1.46. The molecule has 0 bridgehead atoms. The topological polar surface area (TPSA) is 22.4 Å². The van der Waals surface area contributed by atoms with E-state index < -0.39 is 0 Å². The Hall–Kier alpha value is -1.70. The normalized spacial score (nSPS) is 10.2. The van der Waals surface area contributed by atoms with Gasteiger partial charge in [0.05, 0.1) is 19.1 Å². The van der Waals surface area contributed by atoms with Gasteiger partial charge in [0.15, 0.2) is 0 Å². The van der Waals surface area contributed by atoms with E-state index in [2.05, 4.69) is 6.92 Å². The van der Waals surface area contributed by atoms with Gasteiger partial charge in [0.25, 0.3) is 0 Å². The van der Waals surface area contributed by atoms with Crippen molar-refractivity contribution in [3.05, 3.63) is 42.9 Å². The second kappa shape index (κ2) is 4.69. The van der Waals surface area contributed by atoms with Gasteiger partial charge in [0.1, 0.15) is 5.75 Å². The first kappa shape index (κ1) is 9.84. The minimum atomic E-state index is 0.745. The third kappa shape index (κ3) is 2.21. The van der Waals surface area contributed by atoms with Gasteiger partial charge >= 0.3 is 0 Å². The molecule has 1 heterocycles. The van der Waals surface area contributed by atoms with Crippen LogP contribution in [0.15, 0.2) is 47.3 Å². The molecular weight excluding hydrogens is 188 g/mol. The summed E-state index contributed by atoms with van der Waals surface area (Å²) in [6, 6.07) is 9.94. The summed E-state index contributed by atoms with van der Waals surface area (Å²) in [5.41, 5.74) is 2.14. The molecule has 0 saturated heterocycles. The molecule has 0 fully saturated rings. The van der Waals surface area contributed by atoms with Crippen LogP contribution in [0, 0.1) is 0 Å². The summed E-state index contributed by atoms with van der Waals surface area (Å²) < 4.78 is 10.7. The van der Waals surface area contributed by atoms with Gasteiger partial charge in [-0.25, -0.2) is 0 Å². The Bertz CT molecular complexity index is 404. The number of para-hydroxylation sites is 1. The molecule has 0 saturated carbocycles. The van der Waals surface area contributed by atoms with Crippen LogP contribution < -0.4 is 4.74 Å². The van der Waals surface area contributed by atoms with Crippen molar-refractivity contribution < 1.29 is 9.15 Å². The first-order chi connectivity index (χ1) is 7.42. The Morgan fingerprint density at radius 2 is 2.07 bits per heavy atom. The first-order valence-electron chi connectivity index (χ1n) is 5.16. The third-order valence-corrected chi connectivity index (χ3v) is 2.18. The van der Waals surface area contributed by atoms with Gasteiger partial charge < -0.3 is 9.15 Å². The van der Waals surface area contributed by atoms with Crippen molar-refractivity contribution in [1.82, 2.24) is 0 Å². The average molecular weight is 202 g/mol. The molecular formula is C13H14O2. The lowest BCUT2D eigenvalue weighted by Crippen LogP contribution is -1.96. The summed E-state index contributed by atoms with van der Waals surface area (Å²) in [5, 5.41) is 0. The summed E-state index contributed by atoms with van der Waals surface area (Å²) >= 11 is 0. The number of benzene rings is 1. The lowest BCUT2D eigenvalue weighted by Gasteiger charge is -2.08. The van der Waals surface area contributed by atoms with Crippen LogP contribution in [0.1, 0.15) is 13.3 Å². The lowest BCUT2D eigenvalue weighted by molar-refractivity contribution is 0.318. The van der Waals surface area contributed by atoms with Crippen molar-refractivity contribution in [2.45, 2.75) is 13.3 Å². The summed E-state index contributed by atoms with van der Waals surface area (Å²) in [6.45, 7) is 2.84. The Morgan fingerprint density at radius 1 is 1.20 bits per heavy atom. The Morgan fingerprint density at radius 3 is 2.80 bits per heavy atom. The second-order valence-corrected chi connectivity index (χ2v) is 3.36. The molecule has 1 aromatic carbocycles. The Labute approximate surface area is 89.5 Å². The van der Waals surface area contributed by atoms with E-state index in [1.807, 2.05) is 30.3 Å². The van der Waals surface area contributed by atoms with Crippen LogP contribution in [0.25, 0.3) is 11.1 Å². The van der Waals surface area contributed by atoms with E-state index in [0.717, 1.165) is 29.9 Å². The monoisotopic (exact) mass is 202 g/mol. The highest BCUT2D eigenvalue weighted by Gasteiger charge is 2.05. The molecule has 0 atom stereocenters. The van der Waals surface area contributed by atoms with E-state index in [9.17, 15) is 0 Å². The average Bonchev–Trinajstić information content (AvgIpc) is 2.80. The zero-order chi connectivity index (χ0) is 10.5. The SMILES string of the molecule is CCCOc1ccccc1-c1ccoc1. The van der Waals surface area contributed by atoms with Gasteiger partial charge in [-0.1, -0.05) is 25.1 Å². The molecule has 78 valence electrons. The van der Waals surface area contributed by atoms with Gasteiger partial charge in [-0.05, 0) is 18.6 Å². The fourth-order valence-corrected chi connectivity index (χ4v) is 1.46. The third-order valence-electron chi connectivity index (χ3n) is 2.18. The predicted molar refractivity (Wildman–Crippen MR) is 59.9 cm³/mol. The molecule has 0 N–H and O–H groups in total. The molecule has 2 nitrogen and oxygen atoms in total. The maximum atomic E-state index is 5.67. The predicted octanol–water partition coefficient (Wildman–Crippen LogP) is 3.74. The lowest BCUT2D eigenvalue weighted by atomic mass is 10.1. The second-order valence-electron chi connectivity index (χ2n) is 3.36. The maximum Gasteiger partial charge on any atom is 0.127 e. The number of ether oxygens (including phenoxy) is 1. The van der Waals surface area contributed by atoms with Gasteiger partial charge in [0.2, 0.25) is 0 Å². The standard InChI is InChI=1S/C13H14O2/c1-2-8-15-13-6-4-3-5-12(13)11-7-9-14-10-11/h3-7,9-10H,2,8H2,1H3. The van der Waals surface area contributed by atoms with Crippen molar-refractivity contribution in [2.75, 3.05) is 6.61 Å². The Kier molecular flexibility index (Phi) is 3.08. The van der Waals surface area contributed by atoms with Gasteiger partial charge in [-0.15, -0.1) is 0 Å². The molecule has 0 spiro atoms. The molecule has 2 heteroatoms. The van der Waals surface area contributed by atoms with Crippen molar-refractivity contribution in [3.63, 3.8) is 0 Å². The summed E-state index contributed by atoms with van der Waals surface area (Å²) in [5.74, 6) is 0.917. The molecule has 15 heavy (non-hydrogen) atoms. The van der Waals surface area contributed by atoms with Crippen molar-refractivity contribution in [3.8, 4) is 16.9 Å². The summed E-state index contributed by atoms with van der Waals surface area (Å²) in [6.07, 6.45) is 4.42. The van der Waals surface area contributed by atoms with Crippen LogP contribution >= 0.6 is 0 Å². The molecule has 0 radical (unpaired) electrons. The number of hydrogen-bond acceptors (Lipinski definition) is 2. The van der Waals surface area contributed by atoms with E-state index in [1.54, 1.807) is 12.5 Å². The van der Waals surface area contributed by atoms with Crippen LogP contribution in [0.2, 0.25) is 0 Å². The van der Waals surface area contributed by atoms with Crippen molar-refractivity contribution >= 4 is 0 Å². The van der Waals surface area contributed by atoms with Crippen molar-refractivity contribution in [1.29, 1.82) is 0 Å². The van der Waals surface area contributed by atoms with E-state index >= 15 is 0 Å². The van der Waals surface area contributed by atoms with Crippen LogP contribution in [-0.2, 0) is 0 Å². The van der Waals surface area contributed by atoms with E-state index in [0.29, 0.717) is 0 Å². The van der Waals surface area contributed by atoms with Crippen LogP contribution in [0.3, 0.4) is 0 Å². The molecule has 0 amide bonds. The molecule has 0 aliphatic rings. The largest absolute Gasteiger partial charge is 0.493 e. The molecule has 2 aromatic rings. The minimum Gasteiger partial charge on any atom is -0.493 e.